The highest BCUT2D eigenvalue weighted by atomic mass is 16.5. The van der Waals surface area contributed by atoms with E-state index in [0.29, 0.717) is 12.1 Å². The standard InChI is InChI=1S/C21H25N3O3/c1-15(22-20(25)14-19-8-5-13-27-19)16-9-11-18(12-10-16)24-21(26)23-17-6-3-2-4-7-17/h2-4,6-7,9-12,15,19H,5,8,13-14H2,1H3,(H,22,25)(H2,23,24,26)/t15-,19-/m0/s1. The Labute approximate surface area is 159 Å². The van der Waals surface area contributed by atoms with Crippen LogP contribution in [0.3, 0.4) is 0 Å². The summed E-state index contributed by atoms with van der Waals surface area (Å²) in [6.45, 7) is 2.69. The van der Waals surface area contributed by atoms with E-state index in [4.69, 9.17) is 4.74 Å². The molecule has 1 aliphatic rings. The number of ether oxygens (including phenoxy) is 1. The van der Waals surface area contributed by atoms with Gasteiger partial charge in [-0.25, -0.2) is 4.79 Å². The SMILES string of the molecule is C[C@H](NC(=O)C[C@@H]1CCCO1)c1ccc(NC(=O)Nc2ccccc2)cc1. The lowest BCUT2D eigenvalue weighted by Gasteiger charge is -2.16. The van der Waals surface area contributed by atoms with Crippen molar-refractivity contribution in [3.05, 3.63) is 60.2 Å². The average Bonchev–Trinajstić information content (AvgIpc) is 3.15. The van der Waals surface area contributed by atoms with Crippen LogP contribution < -0.4 is 16.0 Å². The molecule has 1 heterocycles. The summed E-state index contributed by atoms with van der Waals surface area (Å²) in [5.74, 6) is -0.00107. The number of carbonyl (C=O) groups excluding carboxylic acids is 2. The van der Waals surface area contributed by atoms with E-state index in [1.54, 1.807) is 0 Å². The molecule has 2 aromatic carbocycles. The van der Waals surface area contributed by atoms with Crippen molar-refractivity contribution in [3.8, 4) is 0 Å². The van der Waals surface area contributed by atoms with Crippen molar-refractivity contribution in [3.63, 3.8) is 0 Å². The van der Waals surface area contributed by atoms with Crippen molar-refractivity contribution in [2.75, 3.05) is 17.2 Å². The molecule has 6 heteroatoms. The van der Waals surface area contributed by atoms with Crippen molar-refractivity contribution in [1.82, 2.24) is 5.32 Å². The van der Waals surface area contributed by atoms with Crippen LogP contribution >= 0.6 is 0 Å². The van der Waals surface area contributed by atoms with E-state index in [9.17, 15) is 9.59 Å². The second-order valence-electron chi connectivity index (χ2n) is 6.70. The predicted molar refractivity (Wildman–Crippen MR) is 106 cm³/mol. The minimum atomic E-state index is -0.299. The van der Waals surface area contributed by atoms with Crippen molar-refractivity contribution in [2.45, 2.75) is 38.3 Å². The summed E-state index contributed by atoms with van der Waals surface area (Å²) < 4.78 is 5.50. The zero-order chi connectivity index (χ0) is 19.1. The zero-order valence-corrected chi connectivity index (χ0v) is 15.4. The second-order valence-corrected chi connectivity index (χ2v) is 6.70. The Morgan fingerprint density at radius 3 is 2.33 bits per heavy atom. The molecule has 142 valence electrons. The van der Waals surface area contributed by atoms with Gasteiger partial charge in [0.1, 0.15) is 0 Å². The fourth-order valence-electron chi connectivity index (χ4n) is 3.07. The van der Waals surface area contributed by atoms with Gasteiger partial charge in [-0.1, -0.05) is 30.3 Å². The third-order valence-electron chi connectivity index (χ3n) is 4.51. The van der Waals surface area contributed by atoms with Gasteiger partial charge in [0.15, 0.2) is 0 Å². The first-order chi connectivity index (χ1) is 13.1. The third-order valence-corrected chi connectivity index (χ3v) is 4.51. The Balaban J connectivity index is 1.48. The zero-order valence-electron chi connectivity index (χ0n) is 15.4. The second kappa shape index (κ2) is 9.19. The Morgan fingerprint density at radius 2 is 1.70 bits per heavy atom. The number of nitrogens with one attached hydrogen (secondary N) is 3. The molecule has 3 amide bonds. The summed E-state index contributed by atoms with van der Waals surface area (Å²) in [4.78, 5) is 24.1. The normalized spacial score (nSPS) is 17.1. The van der Waals surface area contributed by atoms with Gasteiger partial charge in [-0.2, -0.15) is 0 Å². The number of hydrogen-bond acceptors (Lipinski definition) is 3. The molecule has 0 saturated carbocycles. The largest absolute Gasteiger partial charge is 0.378 e. The van der Waals surface area contributed by atoms with Crippen LogP contribution in [0.2, 0.25) is 0 Å². The van der Waals surface area contributed by atoms with Gasteiger partial charge in [0.25, 0.3) is 0 Å². The maximum atomic E-state index is 12.1. The molecule has 27 heavy (non-hydrogen) atoms. The number of anilines is 2. The maximum absolute atomic E-state index is 12.1. The van der Waals surface area contributed by atoms with Crippen molar-refractivity contribution in [2.24, 2.45) is 0 Å². The van der Waals surface area contributed by atoms with E-state index in [1.807, 2.05) is 61.5 Å². The minimum Gasteiger partial charge on any atom is -0.378 e. The first kappa shape index (κ1) is 18.9. The monoisotopic (exact) mass is 367 g/mol. The number of rotatable bonds is 6. The lowest BCUT2D eigenvalue weighted by Crippen LogP contribution is -2.29. The number of urea groups is 1. The first-order valence-electron chi connectivity index (χ1n) is 9.24. The van der Waals surface area contributed by atoms with Crippen LogP contribution in [-0.4, -0.2) is 24.6 Å². The first-order valence-corrected chi connectivity index (χ1v) is 9.24. The number of benzene rings is 2. The van der Waals surface area contributed by atoms with Crippen LogP contribution in [0.15, 0.2) is 54.6 Å². The highest BCUT2D eigenvalue weighted by Gasteiger charge is 2.20. The van der Waals surface area contributed by atoms with Gasteiger partial charge in [0.05, 0.1) is 18.6 Å². The lowest BCUT2D eigenvalue weighted by molar-refractivity contribution is -0.123. The Kier molecular flexibility index (Phi) is 6.44. The molecule has 1 aliphatic heterocycles. The van der Waals surface area contributed by atoms with Gasteiger partial charge in [0.2, 0.25) is 5.91 Å². The van der Waals surface area contributed by atoms with Crippen LogP contribution in [0.1, 0.15) is 37.8 Å². The molecule has 2 aromatic rings. The minimum absolute atomic E-state index is 0.00107. The molecule has 1 saturated heterocycles. The fourth-order valence-corrected chi connectivity index (χ4v) is 3.07. The topological polar surface area (TPSA) is 79.5 Å². The van der Waals surface area contributed by atoms with Gasteiger partial charge in [-0.15, -0.1) is 0 Å². The summed E-state index contributed by atoms with van der Waals surface area (Å²) >= 11 is 0. The summed E-state index contributed by atoms with van der Waals surface area (Å²) in [6.07, 6.45) is 2.43. The van der Waals surface area contributed by atoms with E-state index >= 15 is 0 Å². The predicted octanol–water partition coefficient (Wildman–Crippen LogP) is 4.08. The fraction of sp³-hybridized carbons (Fsp3) is 0.333. The molecular formula is C21H25N3O3. The number of hydrogen-bond donors (Lipinski definition) is 3. The lowest BCUT2D eigenvalue weighted by atomic mass is 10.1. The van der Waals surface area contributed by atoms with Crippen LogP contribution in [-0.2, 0) is 9.53 Å². The Bertz CT molecular complexity index is 756. The number of amides is 3. The summed E-state index contributed by atoms with van der Waals surface area (Å²) in [5, 5.41) is 8.56. The smallest absolute Gasteiger partial charge is 0.323 e. The number of para-hydroxylation sites is 1. The van der Waals surface area contributed by atoms with E-state index in [-0.39, 0.29) is 24.1 Å². The molecule has 2 atom stereocenters. The third kappa shape index (κ3) is 5.82. The summed E-state index contributed by atoms with van der Waals surface area (Å²) in [7, 11) is 0. The molecular weight excluding hydrogens is 342 g/mol. The molecule has 0 radical (unpaired) electrons. The maximum Gasteiger partial charge on any atom is 0.323 e. The average molecular weight is 367 g/mol. The molecule has 3 N–H and O–H groups in total. The van der Waals surface area contributed by atoms with Gasteiger partial charge < -0.3 is 20.7 Å². The molecule has 1 fully saturated rings. The van der Waals surface area contributed by atoms with Crippen LogP contribution in [0.5, 0.6) is 0 Å². The van der Waals surface area contributed by atoms with Gasteiger partial charge in [0, 0.05) is 18.0 Å². The summed E-state index contributed by atoms with van der Waals surface area (Å²) in [5.41, 5.74) is 2.39. The van der Waals surface area contributed by atoms with Crippen LogP contribution in [0, 0.1) is 0 Å². The van der Waals surface area contributed by atoms with Gasteiger partial charge in [-0.05, 0) is 49.6 Å². The van der Waals surface area contributed by atoms with Crippen molar-refractivity contribution < 1.29 is 14.3 Å². The van der Waals surface area contributed by atoms with Gasteiger partial charge in [-0.3, -0.25) is 4.79 Å². The molecule has 0 aromatic heterocycles. The molecule has 3 rings (SSSR count). The van der Waals surface area contributed by atoms with Crippen molar-refractivity contribution in [1.29, 1.82) is 0 Å². The van der Waals surface area contributed by atoms with Crippen LogP contribution in [0.25, 0.3) is 0 Å². The molecule has 0 bridgehead atoms. The highest BCUT2D eigenvalue weighted by Crippen LogP contribution is 2.19. The Morgan fingerprint density at radius 1 is 1.04 bits per heavy atom. The van der Waals surface area contributed by atoms with E-state index in [0.717, 1.165) is 30.7 Å². The molecule has 6 nitrogen and oxygen atoms in total. The molecule has 0 unspecified atom stereocenters. The van der Waals surface area contributed by atoms with E-state index in [2.05, 4.69) is 16.0 Å². The Hall–Kier alpha value is -2.86. The van der Waals surface area contributed by atoms with Crippen LogP contribution in [0.4, 0.5) is 16.2 Å². The van der Waals surface area contributed by atoms with Gasteiger partial charge >= 0.3 is 6.03 Å². The quantitative estimate of drug-likeness (QED) is 0.720. The van der Waals surface area contributed by atoms with E-state index in [1.165, 1.54) is 0 Å². The molecule has 0 spiro atoms. The van der Waals surface area contributed by atoms with Crippen molar-refractivity contribution >= 4 is 23.3 Å². The number of carbonyl (C=O) groups is 2. The molecule has 0 aliphatic carbocycles. The van der Waals surface area contributed by atoms with E-state index < -0.39 is 0 Å². The highest BCUT2D eigenvalue weighted by molar-refractivity contribution is 5.99. The summed E-state index contributed by atoms with van der Waals surface area (Å²) in [6, 6.07) is 16.3.